The first-order valence-corrected chi connectivity index (χ1v) is 8.86. The maximum Gasteiger partial charge on any atom is 0.248 e. The third-order valence-electron chi connectivity index (χ3n) is 4.30. The Morgan fingerprint density at radius 1 is 0.893 bits per heavy atom. The molecule has 0 aliphatic heterocycles. The van der Waals surface area contributed by atoms with Crippen LogP contribution in [-0.2, 0) is 4.79 Å². The summed E-state index contributed by atoms with van der Waals surface area (Å²) in [5.74, 6) is -0.692. The highest BCUT2D eigenvalue weighted by Crippen LogP contribution is 2.30. The maximum atomic E-state index is 12.3. The summed E-state index contributed by atoms with van der Waals surface area (Å²) in [6.07, 6.45) is 0. The highest BCUT2D eigenvalue weighted by molar-refractivity contribution is 5.96. The Morgan fingerprint density at radius 2 is 1.54 bits per heavy atom. The molecule has 0 bridgehead atoms. The van der Waals surface area contributed by atoms with Crippen LogP contribution in [0.25, 0.3) is 0 Å². The molecule has 3 aromatic carbocycles. The lowest BCUT2D eigenvalue weighted by atomic mass is 10.2. The number of amides is 2. The monoisotopic (exact) mass is 374 g/mol. The van der Waals surface area contributed by atoms with Gasteiger partial charge in [0.15, 0.2) is 0 Å². The van der Waals surface area contributed by atoms with Gasteiger partial charge in [0, 0.05) is 24.0 Å². The molecule has 6 nitrogen and oxygen atoms in total. The first-order valence-electron chi connectivity index (χ1n) is 8.86. The van der Waals surface area contributed by atoms with E-state index >= 15 is 0 Å². The Labute approximate surface area is 164 Å². The molecule has 0 aliphatic carbocycles. The van der Waals surface area contributed by atoms with Crippen molar-refractivity contribution in [1.29, 1.82) is 0 Å². The summed E-state index contributed by atoms with van der Waals surface area (Å²) >= 11 is 0. The molecule has 142 valence electrons. The van der Waals surface area contributed by atoms with Crippen molar-refractivity contribution in [2.45, 2.75) is 0 Å². The Morgan fingerprint density at radius 3 is 2.21 bits per heavy atom. The Kier molecular flexibility index (Phi) is 5.91. The fourth-order valence-corrected chi connectivity index (χ4v) is 2.80. The van der Waals surface area contributed by atoms with Gasteiger partial charge in [0.25, 0.3) is 0 Å². The molecule has 0 saturated heterocycles. The van der Waals surface area contributed by atoms with Crippen LogP contribution in [0.1, 0.15) is 10.4 Å². The van der Waals surface area contributed by atoms with Gasteiger partial charge in [0.05, 0.1) is 17.9 Å². The zero-order chi connectivity index (χ0) is 19.9. The van der Waals surface area contributed by atoms with Gasteiger partial charge in [-0.1, -0.05) is 30.3 Å². The van der Waals surface area contributed by atoms with E-state index < -0.39 is 5.91 Å². The van der Waals surface area contributed by atoms with Gasteiger partial charge in [-0.3, -0.25) is 9.59 Å². The van der Waals surface area contributed by atoms with E-state index in [2.05, 4.69) is 15.5 Å². The molecule has 0 saturated carbocycles. The summed E-state index contributed by atoms with van der Waals surface area (Å²) in [5, 5.41) is 5.98. The van der Waals surface area contributed by atoms with Crippen LogP contribution in [0.15, 0.2) is 78.9 Å². The van der Waals surface area contributed by atoms with E-state index in [4.69, 9.17) is 5.73 Å². The second-order valence-electron chi connectivity index (χ2n) is 6.26. The Balaban J connectivity index is 1.64. The number of benzene rings is 3. The van der Waals surface area contributed by atoms with Crippen LogP contribution >= 0.6 is 0 Å². The average Bonchev–Trinajstić information content (AvgIpc) is 2.73. The minimum Gasteiger partial charge on any atom is -0.374 e. The molecule has 28 heavy (non-hydrogen) atoms. The van der Waals surface area contributed by atoms with Crippen LogP contribution in [0, 0.1) is 0 Å². The fourth-order valence-electron chi connectivity index (χ4n) is 2.80. The zero-order valence-electron chi connectivity index (χ0n) is 15.6. The number of carbonyl (C=O) groups excluding carboxylic acids is 2. The van der Waals surface area contributed by atoms with Crippen LogP contribution in [-0.4, -0.2) is 25.4 Å². The number of nitrogens with two attached hydrogens (primary N) is 1. The molecule has 0 spiro atoms. The molecule has 0 atom stereocenters. The molecule has 3 rings (SSSR count). The first kappa shape index (κ1) is 19.0. The number of para-hydroxylation sites is 3. The van der Waals surface area contributed by atoms with Crippen molar-refractivity contribution in [3.8, 4) is 0 Å². The molecule has 0 heterocycles. The van der Waals surface area contributed by atoms with Crippen molar-refractivity contribution in [3.63, 3.8) is 0 Å². The molecule has 0 aromatic heterocycles. The lowest BCUT2D eigenvalue weighted by molar-refractivity contribution is -0.114. The maximum absolute atomic E-state index is 12.3. The number of hydrogen-bond donors (Lipinski definition) is 3. The molecule has 6 heteroatoms. The molecule has 0 radical (unpaired) electrons. The number of rotatable bonds is 7. The fraction of sp³-hybridized carbons (Fsp3) is 0.0909. The molecular formula is C22H22N4O2. The lowest BCUT2D eigenvalue weighted by Gasteiger charge is -2.23. The predicted octanol–water partition coefficient (Wildman–Crippen LogP) is 3.60. The molecule has 0 unspecified atom stereocenters. The summed E-state index contributed by atoms with van der Waals surface area (Å²) in [4.78, 5) is 25.4. The van der Waals surface area contributed by atoms with Crippen molar-refractivity contribution in [3.05, 3.63) is 84.4 Å². The van der Waals surface area contributed by atoms with Gasteiger partial charge in [-0.25, -0.2) is 0 Å². The van der Waals surface area contributed by atoms with Crippen LogP contribution in [0.3, 0.4) is 0 Å². The number of anilines is 4. The third kappa shape index (κ3) is 4.67. The van der Waals surface area contributed by atoms with E-state index in [0.717, 1.165) is 17.1 Å². The summed E-state index contributed by atoms with van der Waals surface area (Å²) < 4.78 is 0. The molecule has 0 aliphatic rings. The predicted molar refractivity (Wildman–Crippen MR) is 113 cm³/mol. The lowest BCUT2D eigenvalue weighted by Crippen LogP contribution is -2.23. The van der Waals surface area contributed by atoms with E-state index in [9.17, 15) is 9.59 Å². The highest BCUT2D eigenvalue weighted by Gasteiger charge is 2.10. The van der Waals surface area contributed by atoms with Crippen molar-refractivity contribution in [2.75, 3.05) is 29.1 Å². The van der Waals surface area contributed by atoms with Crippen LogP contribution < -0.4 is 21.3 Å². The zero-order valence-corrected chi connectivity index (χ0v) is 15.6. The van der Waals surface area contributed by atoms with Crippen molar-refractivity contribution >= 4 is 34.6 Å². The number of nitrogens with one attached hydrogen (secondary N) is 2. The smallest absolute Gasteiger partial charge is 0.248 e. The standard InChI is InChI=1S/C22H22N4O2/c1-26(18-7-3-2-4-8-18)20-10-6-5-9-19(20)24-15-21(27)25-17-13-11-16(12-14-17)22(23)28/h2-14,24H,15H2,1H3,(H2,23,28)(H,25,27). The van der Waals surface area contributed by atoms with Crippen molar-refractivity contribution in [1.82, 2.24) is 0 Å². The Bertz CT molecular complexity index is 956. The van der Waals surface area contributed by atoms with Crippen LogP contribution in [0.4, 0.5) is 22.7 Å². The minimum atomic E-state index is -0.501. The second kappa shape index (κ2) is 8.73. The van der Waals surface area contributed by atoms with Gasteiger partial charge in [-0.05, 0) is 48.5 Å². The highest BCUT2D eigenvalue weighted by atomic mass is 16.2. The van der Waals surface area contributed by atoms with Gasteiger partial charge in [0.1, 0.15) is 0 Å². The van der Waals surface area contributed by atoms with Gasteiger partial charge in [0.2, 0.25) is 11.8 Å². The van der Waals surface area contributed by atoms with Crippen molar-refractivity contribution in [2.24, 2.45) is 5.73 Å². The molecule has 2 amide bonds. The van der Waals surface area contributed by atoms with E-state index in [1.807, 2.05) is 61.6 Å². The van der Waals surface area contributed by atoms with Crippen LogP contribution in [0.2, 0.25) is 0 Å². The SMILES string of the molecule is CN(c1ccccc1)c1ccccc1NCC(=O)Nc1ccc(C(N)=O)cc1. The Hall–Kier alpha value is -3.80. The van der Waals surface area contributed by atoms with Gasteiger partial charge in [-0.2, -0.15) is 0 Å². The van der Waals surface area contributed by atoms with Crippen LogP contribution in [0.5, 0.6) is 0 Å². The normalized spacial score (nSPS) is 10.2. The minimum absolute atomic E-state index is 0.108. The molecule has 4 N–H and O–H groups in total. The summed E-state index contributed by atoms with van der Waals surface area (Å²) in [6.45, 7) is 0.108. The van der Waals surface area contributed by atoms with E-state index in [1.54, 1.807) is 24.3 Å². The van der Waals surface area contributed by atoms with Gasteiger partial charge >= 0.3 is 0 Å². The average molecular weight is 374 g/mol. The van der Waals surface area contributed by atoms with E-state index in [-0.39, 0.29) is 12.5 Å². The number of carbonyl (C=O) groups is 2. The number of primary amides is 1. The largest absolute Gasteiger partial charge is 0.374 e. The number of nitrogens with zero attached hydrogens (tertiary/aromatic N) is 1. The first-order chi connectivity index (χ1) is 13.5. The van der Waals surface area contributed by atoms with E-state index in [1.165, 1.54) is 0 Å². The van der Waals surface area contributed by atoms with E-state index in [0.29, 0.717) is 11.3 Å². The molecule has 0 fully saturated rings. The summed E-state index contributed by atoms with van der Waals surface area (Å²) in [7, 11) is 1.98. The molecular weight excluding hydrogens is 352 g/mol. The molecule has 3 aromatic rings. The quantitative estimate of drug-likeness (QED) is 0.590. The summed E-state index contributed by atoms with van der Waals surface area (Å²) in [5.41, 5.74) is 9.09. The topological polar surface area (TPSA) is 87.5 Å². The van der Waals surface area contributed by atoms with Crippen molar-refractivity contribution < 1.29 is 9.59 Å². The van der Waals surface area contributed by atoms with Gasteiger partial charge < -0.3 is 21.3 Å². The third-order valence-corrected chi connectivity index (χ3v) is 4.30. The second-order valence-corrected chi connectivity index (χ2v) is 6.26. The summed E-state index contributed by atoms with van der Waals surface area (Å²) in [6, 6.07) is 24.3. The number of hydrogen-bond acceptors (Lipinski definition) is 4. The van der Waals surface area contributed by atoms with Gasteiger partial charge in [-0.15, -0.1) is 0 Å².